The standard InChI is InChI=1S/C20H34N4O3/c1-19(2,3)24-15(8-7-11-21)18(26)23-13-9-10-16(27-6)14(12-13)17(25)20(4,5)22/h9-10,12,15,24H,7-8,11,21-22H2,1-6H3,(H,23,26). The van der Waals surface area contributed by atoms with E-state index in [1.807, 2.05) is 20.8 Å². The van der Waals surface area contributed by atoms with Crippen molar-refractivity contribution in [2.75, 3.05) is 19.0 Å². The first-order valence-electron chi connectivity index (χ1n) is 9.19. The number of amides is 1. The number of benzene rings is 1. The maximum atomic E-state index is 12.8. The molecule has 0 bridgehead atoms. The van der Waals surface area contributed by atoms with E-state index >= 15 is 0 Å². The Balaban J connectivity index is 3.08. The lowest BCUT2D eigenvalue weighted by Gasteiger charge is -2.28. The summed E-state index contributed by atoms with van der Waals surface area (Å²) >= 11 is 0. The zero-order valence-corrected chi connectivity index (χ0v) is 17.3. The highest BCUT2D eigenvalue weighted by atomic mass is 16.5. The monoisotopic (exact) mass is 378 g/mol. The summed E-state index contributed by atoms with van der Waals surface area (Å²) in [5, 5.41) is 6.20. The average Bonchev–Trinajstić information content (AvgIpc) is 2.55. The third kappa shape index (κ3) is 7.28. The number of nitrogens with one attached hydrogen (secondary N) is 2. The fraction of sp³-hybridized carbons (Fsp3) is 0.600. The molecule has 6 N–H and O–H groups in total. The van der Waals surface area contributed by atoms with E-state index in [2.05, 4.69) is 10.6 Å². The van der Waals surface area contributed by atoms with Crippen LogP contribution in [0.5, 0.6) is 5.75 Å². The van der Waals surface area contributed by atoms with Crippen LogP contribution in [0.3, 0.4) is 0 Å². The van der Waals surface area contributed by atoms with Gasteiger partial charge in [0.15, 0.2) is 5.78 Å². The van der Waals surface area contributed by atoms with Crippen LogP contribution in [-0.2, 0) is 4.79 Å². The molecule has 1 unspecified atom stereocenters. The normalized spacial score (nSPS) is 13.2. The third-order valence-corrected chi connectivity index (χ3v) is 3.92. The number of carbonyl (C=O) groups excluding carboxylic acids is 2. The van der Waals surface area contributed by atoms with E-state index in [1.165, 1.54) is 7.11 Å². The number of ketones is 1. The second-order valence-corrected chi connectivity index (χ2v) is 8.33. The highest BCUT2D eigenvalue weighted by molar-refractivity contribution is 6.06. The van der Waals surface area contributed by atoms with E-state index in [0.717, 1.165) is 6.42 Å². The van der Waals surface area contributed by atoms with Gasteiger partial charge in [-0.2, -0.15) is 0 Å². The highest BCUT2D eigenvalue weighted by Crippen LogP contribution is 2.26. The Bertz CT molecular complexity index is 660. The Morgan fingerprint density at radius 1 is 1.19 bits per heavy atom. The maximum Gasteiger partial charge on any atom is 0.241 e. The molecule has 7 heteroatoms. The van der Waals surface area contributed by atoms with E-state index in [-0.39, 0.29) is 23.3 Å². The summed E-state index contributed by atoms with van der Waals surface area (Å²) in [5.74, 6) is -0.0130. The first-order chi connectivity index (χ1) is 12.4. The van der Waals surface area contributed by atoms with Crippen molar-refractivity contribution < 1.29 is 14.3 Å². The Hall–Kier alpha value is -1.96. The average molecular weight is 379 g/mol. The SMILES string of the molecule is COc1ccc(NC(=O)C(CCCN)NC(C)(C)C)cc1C(=O)C(C)(C)N. The van der Waals surface area contributed by atoms with Gasteiger partial charge in [0.05, 0.1) is 24.3 Å². The number of hydrogen-bond acceptors (Lipinski definition) is 6. The molecular weight excluding hydrogens is 344 g/mol. The molecule has 0 aromatic heterocycles. The molecule has 1 atom stereocenters. The summed E-state index contributed by atoms with van der Waals surface area (Å²) < 4.78 is 5.27. The quantitative estimate of drug-likeness (QED) is 0.488. The number of carbonyl (C=O) groups is 2. The van der Waals surface area contributed by atoms with Crippen molar-refractivity contribution in [1.29, 1.82) is 0 Å². The number of ether oxygens (including phenoxy) is 1. The number of rotatable bonds is 9. The van der Waals surface area contributed by atoms with Crippen LogP contribution in [0.4, 0.5) is 5.69 Å². The van der Waals surface area contributed by atoms with Crippen LogP contribution in [0.1, 0.15) is 57.8 Å². The van der Waals surface area contributed by atoms with Crippen LogP contribution in [0.25, 0.3) is 0 Å². The Kier molecular flexibility index (Phi) is 7.95. The summed E-state index contributed by atoms with van der Waals surface area (Å²) in [5.41, 5.74) is 11.1. The molecule has 1 amide bonds. The van der Waals surface area contributed by atoms with E-state index in [4.69, 9.17) is 16.2 Å². The predicted octanol–water partition coefficient (Wildman–Crippen LogP) is 2.05. The first-order valence-corrected chi connectivity index (χ1v) is 9.19. The zero-order chi connectivity index (χ0) is 20.8. The summed E-state index contributed by atoms with van der Waals surface area (Å²) in [6.45, 7) is 9.80. The van der Waals surface area contributed by atoms with Crippen molar-refractivity contribution in [3.63, 3.8) is 0 Å². The molecule has 0 aliphatic rings. The van der Waals surface area contributed by atoms with Gasteiger partial charge in [0.1, 0.15) is 5.75 Å². The number of anilines is 1. The smallest absolute Gasteiger partial charge is 0.241 e. The minimum atomic E-state index is -1.05. The lowest BCUT2D eigenvalue weighted by atomic mass is 9.93. The fourth-order valence-electron chi connectivity index (χ4n) is 2.65. The van der Waals surface area contributed by atoms with Crippen molar-refractivity contribution in [1.82, 2.24) is 5.32 Å². The minimum Gasteiger partial charge on any atom is -0.496 e. The molecule has 27 heavy (non-hydrogen) atoms. The van der Waals surface area contributed by atoms with Crippen LogP contribution in [-0.4, -0.2) is 42.5 Å². The molecule has 1 aromatic carbocycles. The van der Waals surface area contributed by atoms with Crippen molar-refractivity contribution in [2.45, 2.75) is 64.6 Å². The van der Waals surface area contributed by atoms with Crippen LogP contribution in [0.2, 0.25) is 0 Å². The van der Waals surface area contributed by atoms with Gasteiger partial charge in [-0.1, -0.05) is 0 Å². The van der Waals surface area contributed by atoms with Gasteiger partial charge in [-0.3, -0.25) is 9.59 Å². The van der Waals surface area contributed by atoms with Crippen LogP contribution in [0, 0.1) is 0 Å². The third-order valence-electron chi connectivity index (χ3n) is 3.92. The van der Waals surface area contributed by atoms with Gasteiger partial charge in [-0.15, -0.1) is 0 Å². The number of Topliss-reactive ketones (excluding diaryl/α,β-unsaturated/α-hetero) is 1. The first kappa shape index (κ1) is 23.1. The van der Waals surface area contributed by atoms with Crippen molar-refractivity contribution in [2.24, 2.45) is 11.5 Å². The maximum absolute atomic E-state index is 12.8. The van der Waals surface area contributed by atoms with Crippen LogP contribution >= 0.6 is 0 Å². The molecule has 0 fully saturated rings. The predicted molar refractivity (Wildman–Crippen MR) is 109 cm³/mol. The molecule has 0 spiro atoms. The molecule has 1 rings (SSSR count). The summed E-state index contributed by atoms with van der Waals surface area (Å²) in [7, 11) is 1.49. The molecule has 0 aliphatic heterocycles. The summed E-state index contributed by atoms with van der Waals surface area (Å²) in [4.78, 5) is 25.4. The van der Waals surface area contributed by atoms with Crippen LogP contribution in [0.15, 0.2) is 18.2 Å². The number of nitrogens with two attached hydrogens (primary N) is 2. The Morgan fingerprint density at radius 2 is 1.81 bits per heavy atom. The van der Waals surface area contributed by atoms with Crippen molar-refractivity contribution in [3.8, 4) is 5.75 Å². The van der Waals surface area contributed by atoms with Gasteiger partial charge in [0.2, 0.25) is 5.91 Å². The van der Waals surface area contributed by atoms with E-state index in [0.29, 0.717) is 30.0 Å². The Labute approximate surface area is 162 Å². The Morgan fingerprint density at radius 3 is 2.30 bits per heavy atom. The minimum absolute atomic E-state index is 0.172. The molecule has 7 nitrogen and oxygen atoms in total. The van der Waals surface area contributed by atoms with E-state index in [9.17, 15) is 9.59 Å². The zero-order valence-electron chi connectivity index (χ0n) is 17.3. The highest BCUT2D eigenvalue weighted by Gasteiger charge is 2.28. The van der Waals surface area contributed by atoms with Crippen LogP contribution < -0.4 is 26.8 Å². The molecule has 0 heterocycles. The molecule has 0 aliphatic carbocycles. The van der Waals surface area contributed by atoms with Gasteiger partial charge in [0.25, 0.3) is 0 Å². The lowest BCUT2D eigenvalue weighted by Crippen LogP contribution is -2.49. The summed E-state index contributed by atoms with van der Waals surface area (Å²) in [6, 6.07) is 4.57. The molecular formula is C20H34N4O3. The molecule has 0 saturated carbocycles. The fourth-order valence-corrected chi connectivity index (χ4v) is 2.65. The van der Waals surface area contributed by atoms with E-state index < -0.39 is 5.54 Å². The van der Waals surface area contributed by atoms with Crippen molar-refractivity contribution >= 4 is 17.4 Å². The van der Waals surface area contributed by atoms with E-state index in [1.54, 1.807) is 32.0 Å². The van der Waals surface area contributed by atoms with Gasteiger partial charge in [-0.05, 0) is 72.2 Å². The molecule has 0 radical (unpaired) electrons. The largest absolute Gasteiger partial charge is 0.496 e. The molecule has 1 aromatic rings. The van der Waals surface area contributed by atoms with Crippen molar-refractivity contribution in [3.05, 3.63) is 23.8 Å². The van der Waals surface area contributed by atoms with Gasteiger partial charge in [0, 0.05) is 11.2 Å². The lowest BCUT2D eigenvalue weighted by molar-refractivity contribution is -0.118. The second-order valence-electron chi connectivity index (χ2n) is 8.33. The van der Waals surface area contributed by atoms with Gasteiger partial charge in [-0.25, -0.2) is 0 Å². The number of hydrogen-bond donors (Lipinski definition) is 4. The summed E-state index contributed by atoms with van der Waals surface area (Å²) in [6.07, 6.45) is 1.35. The topological polar surface area (TPSA) is 119 Å². The van der Waals surface area contributed by atoms with Gasteiger partial charge < -0.3 is 26.8 Å². The second kappa shape index (κ2) is 9.30. The molecule has 152 valence electrons. The van der Waals surface area contributed by atoms with Gasteiger partial charge >= 0.3 is 0 Å². The molecule has 0 saturated heterocycles. The number of methoxy groups -OCH3 is 1.